The Hall–Kier alpha value is -3.32. The van der Waals surface area contributed by atoms with Crippen LogP contribution < -0.4 is 5.32 Å². The van der Waals surface area contributed by atoms with Gasteiger partial charge in [-0.3, -0.25) is 14.4 Å². The number of nitrogens with zero attached hydrogens (tertiary/aromatic N) is 1. The molecule has 0 fully saturated rings. The van der Waals surface area contributed by atoms with Crippen LogP contribution in [0.3, 0.4) is 0 Å². The van der Waals surface area contributed by atoms with Crippen LogP contribution in [0.15, 0.2) is 42.5 Å². The third-order valence-electron chi connectivity index (χ3n) is 4.38. The number of carboxylic acids is 1. The van der Waals surface area contributed by atoms with E-state index in [1.807, 2.05) is 0 Å². The van der Waals surface area contributed by atoms with Crippen molar-refractivity contribution in [2.75, 3.05) is 5.32 Å². The van der Waals surface area contributed by atoms with E-state index in [1.165, 1.54) is 11.3 Å². The molecule has 0 spiro atoms. The Bertz CT molecular complexity index is 1120. The SMILES string of the molecule is Cc1nc(Nc2ccc3c(c2)C(=O)c2ccccc2C3=O)sc1CC(=O)O. The lowest BCUT2D eigenvalue weighted by atomic mass is 9.84. The molecule has 0 radical (unpaired) electrons. The number of aliphatic carboxylic acids is 1. The molecule has 27 heavy (non-hydrogen) atoms. The number of ketones is 2. The zero-order chi connectivity index (χ0) is 19.1. The van der Waals surface area contributed by atoms with Gasteiger partial charge in [0.2, 0.25) is 0 Å². The van der Waals surface area contributed by atoms with Gasteiger partial charge in [0.05, 0.1) is 12.1 Å². The summed E-state index contributed by atoms with van der Waals surface area (Å²) >= 11 is 1.26. The van der Waals surface area contributed by atoms with Crippen molar-refractivity contribution < 1.29 is 19.5 Å². The van der Waals surface area contributed by atoms with E-state index < -0.39 is 5.97 Å². The maximum atomic E-state index is 12.8. The number of benzene rings is 2. The molecule has 1 aliphatic rings. The molecule has 0 saturated heterocycles. The third kappa shape index (κ3) is 3.02. The normalized spacial score (nSPS) is 12.5. The van der Waals surface area contributed by atoms with Gasteiger partial charge in [-0.1, -0.05) is 24.3 Å². The Morgan fingerprint density at radius 2 is 1.67 bits per heavy atom. The van der Waals surface area contributed by atoms with Crippen LogP contribution in [0.25, 0.3) is 0 Å². The number of hydrogen-bond donors (Lipinski definition) is 2. The van der Waals surface area contributed by atoms with Gasteiger partial charge in [0.1, 0.15) is 0 Å². The van der Waals surface area contributed by atoms with E-state index in [4.69, 9.17) is 5.11 Å². The van der Waals surface area contributed by atoms with Gasteiger partial charge in [-0.15, -0.1) is 11.3 Å². The third-order valence-corrected chi connectivity index (χ3v) is 5.45. The molecule has 3 aromatic rings. The lowest BCUT2D eigenvalue weighted by Crippen LogP contribution is -2.20. The number of aryl methyl sites for hydroxylation is 1. The Morgan fingerprint density at radius 3 is 2.33 bits per heavy atom. The molecule has 0 aliphatic heterocycles. The van der Waals surface area contributed by atoms with Gasteiger partial charge >= 0.3 is 5.97 Å². The highest BCUT2D eigenvalue weighted by molar-refractivity contribution is 7.15. The maximum absolute atomic E-state index is 12.8. The molecule has 4 rings (SSSR count). The Kier molecular flexibility index (Phi) is 4.08. The first-order chi connectivity index (χ1) is 12.9. The number of rotatable bonds is 4. The van der Waals surface area contributed by atoms with E-state index in [-0.39, 0.29) is 18.0 Å². The smallest absolute Gasteiger partial charge is 0.308 e. The van der Waals surface area contributed by atoms with Crippen LogP contribution >= 0.6 is 11.3 Å². The topological polar surface area (TPSA) is 96.4 Å². The van der Waals surface area contributed by atoms with E-state index in [0.29, 0.717) is 43.6 Å². The van der Waals surface area contributed by atoms with Crippen molar-refractivity contribution in [3.63, 3.8) is 0 Å². The first-order valence-electron chi connectivity index (χ1n) is 8.21. The van der Waals surface area contributed by atoms with Gasteiger partial charge in [-0.2, -0.15) is 0 Å². The summed E-state index contributed by atoms with van der Waals surface area (Å²) in [5.74, 6) is -1.27. The molecule has 0 unspecified atom stereocenters. The number of hydrogen-bond acceptors (Lipinski definition) is 6. The first-order valence-corrected chi connectivity index (χ1v) is 9.03. The van der Waals surface area contributed by atoms with Gasteiger partial charge in [0, 0.05) is 32.8 Å². The van der Waals surface area contributed by atoms with E-state index in [2.05, 4.69) is 10.3 Å². The van der Waals surface area contributed by atoms with Crippen LogP contribution in [0.2, 0.25) is 0 Å². The monoisotopic (exact) mass is 378 g/mol. The molecular weight excluding hydrogens is 364 g/mol. The largest absolute Gasteiger partial charge is 0.481 e. The first kappa shape index (κ1) is 17.1. The van der Waals surface area contributed by atoms with Crippen molar-refractivity contribution in [3.05, 3.63) is 75.3 Å². The maximum Gasteiger partial charge on any atom is 0.308 e. The summed E-state index contributed by atoms with van der Waals surface area (Å²) in [5, 5.41) is 12.6. The fourth-order valence-corrected chi connectivity index (χ4v) is 4.06. The second kappa shape index (κ2) is 6.44. The fraction of sp³-hybridized carbons (Fsp3) is 0.100. The summed E-state index contributed by atoms with van der Waals surface area (Å²) in [7, 11) is 0. The summed E-state index contributed by atoms with van der Waals surface area (Å²) < 4.78 is 0. The summed E-state index contributed by atoms with van der Waals surface area (Å²) in [5.41, 5.74) is 2.83. The van der Waals surface area contributed by atoms with Crippen LogP contribution in [0, 0.1) is 6.92 Å². The summed E-state index contributed by atoms with van der Waals surface area (Å²) in [6.07, 6.45) is -0.0842. The lowest BCUT2D eigenvalue weighted by molar-refractivity contribution is -0.136. The number of carboxylic acid groups (broad SMARTS) is 1. The highest BCUT2D eigenvalue weighted by Crippen LogP contribution is 2.31. The van der Waals surface area contributed by atoms with Crippen LogP contribution in [-0.2, 0) is 11.2 Å². The van der Waals surface area contributed by atoms with E-state index in [0.717, 1.165) is 0 Å². The zero-order valence-corrected chi connectivity index (χ0v) is 15.1. The predicted molar refractivity (Wildman–Crippen MR) is 101 cm³/mol. The van der Waals surface area contributed by atoms with Crippen LogP contribution in [0.1, 0.15) is 42.4 Å². The second-order valence-corrected chi connectivity index (χ2v) is 7.27. The van der Waals surface area contributed by atoms with Crippen molar-refractivity contribution in [2.45, 2.75) is 13.3 Å². The minimum atomic E-state index is -0.912. The van der Waals surface area contributed by atoms with Crippen LogP contribution in [-0.4, -0.2) is 27.6 Å². The molecule has 1 heterocycles. The molecular formula is C20H14N2O4S. The molecule has 0 bridgehead atoms. The molecule has 2 aromatic carbocycles. The molecule has 0 saturated carbocycles. The molecule has 6 nitrogen and oxygen atoms in total. The number of aromatic nitrogens is 1. The summed E-state index contributed by atoms with van der Waals surface area (Å²) in [6.45, 7) is 1.76. The molecule has 0 atom stereocenters. The Balaban J connectivity index is 1.67. The van der Waals surface area contributed by atoms with E-state index in [9.17, 15) is 14.4 Å². The van der Waals surface area contributed by atoms with E-state index >= 15 is 0 Å². The average molecular weight is 378 g/mol. The number of nitrogens with one attached hydrogen (secondary N) is 1. The molecule has 134 valence electrons. The molecule has 1 aromatic heterocycles. The number of anilines is 2. The van der Waals surface area contributed by atoms with Gasteiger partial charge in [0.25, 0.3) is 0 Å². The van der Waals surface area contributed by atoms with Crippen LogP contribution in [0.5, 0.6) is 0 Å². The lowest BCUT2D eigenvalue weighted by Gasteiger charge is -2.18. The number of fused-ring (bicyclic) bond motifs is 2. The Morgan fingerprint density at radius 1 is 1.04 bits per heavy atom. The number of carbonyl (C=O) groups excluding carboxylic acids is 2. The highest BCUT2D eigenvalue weighted by Gasteiger charge is 2.29. The Labute approximate surface area is 158 Å². The van der Waals surface area contributed by atoms with Crippen LogP contribution in [0.4, 0.5) is 10.8 Å². The van der Waals surface area contributed by atoms with Gasteiger partial charge in [-0.05, 0) is 25.1 Å². The fourth-order valence-electron chi connectivity index (χ4n) is 3.08. The van der Waals surface area contributed by atoms with Crippen molar-refractivity contribution in [2.24, 2.45) is 0 Å². The molecule has 0 amide bonds. The number of thiazole rings is 1. The average Bonchev–Trinajstić information content (AvgIpc) is 2.98. The zero-order valence-electron chi connectivity index (χ0n) is 14.3. The summed E-state index contributed by atoms with van der Waals surface area (Å²) in [4.78, 5) is 41.3. The van der Waals surface area contributed by atoms with Crippen molar-refractivity contribution in [1.29, 1.82) is 0 Å². The van der Waals surface area contributed by atoms with Gasteiger partial charge in [-0.25, -0.2) is 4.98 Å². The molecule has 2 N–H and O–H groups in total. The minimum Gasteiger partial charge on any atom is -0.481 e. The number of carbonyl (C=O) groups is 3. The quantitative estimate of drug-likeness (QED) is 0.563. The van der Waals surface area contributed by atoms with Crippen molar-refractivity contribution >= 4 is 39.7 Å². The van der Waals surface area contributed by atoms with Crippen molar-refractivity contribution in [1.82, 2.24) is 4.98 Å². The second-order valence-electron chi connectivity index (χ2n) is 6.19. The predicted octanol–water partition coefficient (Wildman–Crippen LogP) is 3.60. The molecule has 1 aliphatic carbocycles. The van der Waals surface area contributed by atoms with Gasteiger partial charge < -0.3 is 10.4 Å². The standard InChI is InChI=1S/C20H14N2O4S/c1-10-16(9-17(23)24)27-20(21-10)22-11-6-7-14-15(8-11)19(26)13-5-3-2-4-12(13)18(14)25/h2-8H,9H2,1H3,(H,21,22)(H,23,24). The van der Waals surface area contributed by atoms with E-state index in [1.54, 1.807) is 49.4 Å². The minimum absolute atomic E-state index is 0.0842. The highest BCUT2D eigenvalue weighted by atomic mass is 32.1. The summed E-state index contributed by atoms with van der Waals surface area (Å²) in [6, 6.07) is 11.8. The molecule has 7 heteroatoms. The van der Waals surface area contributed by atoms with Gasteiger partial charge in [0.15, 0.2) is 16.7 Å². The van der Waals surface area contributed by atoms with Crippen molar-refractivity contribution in [3.8, 4) is 0 Å².